The van der Waals surface area contributed by atoms with Crippen LogP contribution >= 0.6 is 23.2 Å². The number of nitrogens with one attached hydrogen (secondary N) is 2. The highest BCUT2D eigenvalue weighted by Gasteiger charge is 2.42. The van der Waals surface area contributed by atoms with E-state index in [4.69, 9.17) is 42.7 Å². The van der Waals surface area contributed by atoms with Crippen LogP contribution in [-0.2, 0) is 45.6 Å². The summed E-state index contributed by atoms with van der Waals surface area (Å²) in [7, 11) is -4.41. The second-order valence-electron chi connectivity index (χ2n) is 16.9. The Hall–Kier alpha value is -6.63. The first-order valence-corrected chi connectivity index (χ1v) is 23.8. The molecule has 3 atom stereocenters. The minimum atomic E-state index is -4.41. The van der Waals surface area contributed by atoms with E-state index in [-0.39, 0.29) is 36.6 Å². The number of carboxylic acids is 1. The van der Waals surface area contributed by atoms with Crippen LogP contribution in [0.25, 0.3) is 11.1 Å². The number of hydrogen-bond acceptors (Lipinski definition) is 10. The first kappa shape index (κ1) is 46.9. The first-order chi connectivity index (χ1) is 32.1. The van der Waals surface area contributed by atoms with E-state index in [1.54, 1.807) is 61.5 Å². The number of carbonyl (C=O) groups is 2. The fraction of sp³-hybridized carbons (Fsp3) is 0.255. The number of rotatable bonds is 15. The molecule has 0 fully saturated rings. The molecule has 8 rings (SSSR count). The lowest BCUT2D eigenvalue weighted by Gasteiger charge is -2.37. The van der Waals surface area contributed by atoms with Crippen molar-refractivity contribution < 1.29 is 37.3 Å². The van der Waals surface area contributed by atoms with Crippen LogP contribution in [-0.4, -0.2) is 59.9 Å². The maximum absolute atomic E-state index is 14.8. The van der Waals surface area contributed by atoms with Crippen molar-refractivity contribution in [2.75, 3.05) is 18.5 Å². The van der Waals surface area contributed by atoms with Gasteiger partial charge in [0.25, 0.3) is 0 Å². The van der Waals surface area contributed by atoms with Gasteiger partial charge < -0.3 is 30.0 Å². The number of benzene rings is 5. The number of nitriles is 1. The van der Waals surface area contributed by atoms with Crippen molar-refractivity contribution in [1.82, 2.24) is 14.6 Å². The molecule has 67 heavy (non-hydrogen) atoms. The molecule has 2 aliphatic rings. The SMILES string of the molecule is Cc1nc(NCC(C)C)ccc1S(=O)(=O)N1Cc2cc3c(cc2C[C@H]1C(=O)NC(Cc1ccc(-c2ccc(C#N)cc2)cc1)C(=O)O)OC[C@H](c1ccc(OCc2ccc(Cl)c(Cl)c2)cc1)O3. The summed E-state index contributed by atoms with van der Waals surface area (Å²) in [6.07, 6.45) is -0.628. The smallest absolute Gasteiger partial charge is 0.326 e. The maximum atomic E-state index is 14.8. The van der Waals surface area contributed by atoms with Gasteiger partial charge in [0.05, 0.1) is 27.4 Å². The van der Waals surface area contributed by atoms with E-state index >= 15 is 0 Å². The number of carboxylic acid groups (broad SMARTS) is 1. The van der Waals surface area contributed by atoms with Gasteiger partial charge in [-0.25, -0.2) is 18.2 Å². The molecular formula is C51H47Cl2N5O8S. The predicted molar refractivity (Wildman–Crippen MR) is 255 cm³/mol. The second-order valence-corrected chi connectivity index (χ2v) is 19.6. The number of halogens is 2. The maximum Gasteiger partial charge on any atom is 0.326 e. The van der Waals surface area contributed by atoms with Gasteiger partial charge >= 0.3 is 5.97 Å². The van der Waals surface area contributed by atoms with Gasteiger partial charge in [0.15, 0.2) is 17.6 Å². The molecule has 3 N–H and O–H groups in total. The highest BCUT2D eigenvalue weighted by atomic mass is 35.5. The average molecular weight is 961 g/mol. The number of ether oxygens (including phenoxy) is 3. The molecule has 6 aromatic rings. The Morgan fingerprint density at radius 1 is 0.896 bits per heavy atom. The molecule has 5 aromatic carbocycles. The number of pyridine rings is 1. The van der Waals surface area contributed by atoms with Gasteiger partial charge in [-0.2, -0.15) is 9.57 Å². The Kier molecular flexibility index (Phi) is 14.1. The van der Waals surface area contributed by atoms with Gasteiger partial charge in [-0.15, -0.1) is 0 Å². The fourth-order valence-corrected chi connectivity index (χ4v) is 10.0. The number of aromatic nitrogens is 1. The molecule has 1 unspecified atom stereocenters. The highest BCUT2D eigenvalue weighted by Crippen LogP contribution is 2.42. The summed E-state index contributed by atoms with van der Waals surface area (Å²) in [5.41, 5.74) is 6.11. The van der Waals surface area contributed by atoms with Crippen molar-refractivity contribution in [3.8, 4) is 34.4 Å². The Morgan fingerprint density at radius 2 is 1.58 bits per heavy atom. The number of amides is 1. The average Bonchev–Trinajstić information content (AvgIpc) is 3.32. The largest absolute Gasteiger partial charge is 0.489 e. The molecule has 2 aliphatic heterocycles. The molecular weight excluding hydrogens is 914 g/mol. The number of aryl methyl sites for hydroxylation is 1. The molecule has 16 heteroatoms. The van der Waals surface area contributed by atoms with Crippen molar-refractivity contribution in [1.29, 1.82) is 5.26 Å². The summed E-state index contributed by atoms with van der Waals surface area (Å²) in [5.74, 6) is 0.270. The summed E-state index contributed by atoms with van der Waals surface area (Å²) in [5, 5.41) is 26.3. The molecule has 0 spiro atoms. The van der Waals surface area contributed by atoms with Gasteiger partial charge in [-0.3, -0.25) is 4.79 Å². The predicted octanol–water partition coefficient (Wildman–Crippen LogP) is 9.32. The molecule has 0 aliphatic carbocycles. The molecule has 344 valence electrons. The van der Waals surface area contributed by atoms with E-state index in [1.165, 1.54) is 6.07 Å². The molecule has 0 saturated heterocycles. The van der Waals surface area contributed by atoms with E-state index in [1.807, 2.05) is 68.4 Å². The van der Waals surface area contributed by atoms with Crippen molar-refractivity contribution >= 4 is 50.9 Å². The Morgan fingerprint density at radius 3 is 2.24 bits per heavy atom. The van der Waals surface area contributed by atoms with Crippen molar-refractivity contribution in [2.45, 2.75) is 69.8 Å². The minimum absolute atomic E-state index is 0.0625. The van der Waals surface area contributed by atoms with Crippen LogP contribution in [0.4, 0.5) is 5.82 Å². The van der Waals surface area contributed by atoms with Crippen molar-refractivity contribution in [2.24, 2.45) is 5.92 Å². The van der Waals surface area contributed by atoms with E-state index < -0.39 is 40.1 Å². The van der Waals surface area contributed by atoms with Crippen molar-refractivity contribution in [3.63, 3.8) is 0 Å². The van der Waals surface area contributed by atoms with Gasteiger partial charge in [0, 0.05) is 19.5 Å². The Balaban J connectivity index is 1.03. The normalized spacial score (nSPS) is 16.1. The number of nitrogens with zero attached hydrogens (tertiary/aromatic N) is 3. The highest BCUT2D eigenvalue weighted by molar-refractivity contribution is 7.89. The summed E-state index contributed by atoms with van der Waals surface area (Å²) < 4.78 is 49.4. The second kappa shape index (κ2) is 20.1. The molecule has 0 radical (unpaired) electrons. The molecule has 0 bridgehead atoms. The molecule has 13 nitrogen and oxygen atoms in total. The van der Waals surface area contributed by atoms with Crippen LogP contribution in [0.5, 0.6) is 17.2 Å². The lowest BCUT2D eigenvalue weighted by molar-refractivity contribution is -0.142. The zero-order chi connectivity index (χ0) is 47.4. The van der Waals surface area contributed by atoms with Crippen LogP contribution in [0.1, 0.15) is 59.0 Å². The topological polar surface area (TPSA) is 180 Å². The number of aliphatic carboxylic acids is 1. The zero-order valence-electron chi connectivity index (χ0n) is 36.8. The molecule has 0 saturated carbocycles. The van der Waals surface area contributed by atoms with E-state index in [2.05, 4.69) is 21.7 Å². The van der Waals surface area contributed by atoms with Crippen molar-refractivity contribution in [3.05, 3.63) is 164 Å². The number of fused-ring (bicyclic) bond motifs is 2. The third kappa shape index (κ3) is 10.8. The third-order valence-corrected chi connectivity index (χ3v) is 14.4. The van der Waals surface area contributed by atoms with E-state index in [0.29, 0.717) is 74.4 Å². The number of sulfonamides is 1. The fourth-order valence-electron chi connectivity index (χ4n) is 7.97. The standard InChI is InChI=1S/C51H47Cl2N5O8S/c1-30(2)26-55-49-19-18-48(31(3)56-49)67(62,63)58-27-39-24-46-45(65-29-47(66-46)37-13-15-40(16-14-37)64-28-34-8-17-41(52)42(53)20-34)23-38(39)22-44(58)50(59)57-43(51(60)61)21-32-4-9-35(10-5-32)36-11-6-33(25-54)7-12-36/h4-20,23-24,30,43-44,47H,21-22,26-29H2,1-3H3,(H,55,56)(H,57,59)(H,60,61)/t43?,44-,47+/m0/s1. The molecule has 1 aromatic heterocycles. The molecule has 1 amide bonds. The molecule has 3 heterocycles. The lowest BCUT2D eigenvalue weighted by atomic mass is 9.93. The minimum Gasteiger partial charge on any atom is -0.489 e. The van der Waals surface area contributed by atoms with Gasteiger partial charge in [0.1, 0.15) is 41.8 Å². The third-order valence-electron chi connectivity index (χ3n) is 11.6. The quantitative estimate of drug-likeness (QED) is 0.0893. The van der Waals surface area contributed by atoms with E-state index in [0.717, 1.165) is 26.6 Å². The van der Waals surface area contributed by atoms with Crippen LogP contribution in [0.3, 0.4) is 0 Å². The van der Waals surface area contributed by atoms with Gasteiger partial charge in [0.2, 0.25) is 15.9 Å². The van der Waals surface area contributed by atoms with Gasteiger partial charge in [-0.1, -0.05) is 91.6 Å². The summed E-state index contributed by atoms with van der Waals surface area (Å²) in [6.45, 7) is 6.59. The Labute approximate surface area is 399 Å². The van der Waals surface area contributed by atoms with Crippen LogP contribution < -0.4 is 24.8 Å². The summed E-state index contributed by atoms with van der Waals surface area (Å²) >= 11 is 12.2. The summed E-state index contributed by atoms with van der Waals surface area (Å²) in [6, 6.07) is 33.1. The first-order valence-electron chi connectivity index (χ1n) is 21.6. The van der Waals surface area contributed by atoms with Crippen LogP contribution in [0.15, 0.2) is 120 Å². The number of carbonyl (C=O) groups excluding carboxylic acids is 1. The van der Waals surface area contributed by atoms with Crippen LogP contribution in [0, 0.1) is 24.2 Å². The number of anilines is 1. The number of hydrogen-bond donors (Lipinski definition) is 3. The summed E-state index contributed by atoms with van der Waals surface area (Å²) in [4.78, 5) is 31.6. The zero-order valence-corrected chi connectivity index (χ0v) is 39.2. The lowest BCUT2D eigenvalue weighted by Crippen LogP contribution is -2.55. The van der Waals surface area contributed by atoms with E-state index in [9.17, 15) is 23.1 Å². The van der Waals surface area contributed by atoms with Crippen LogP contribution in [0.2, 0.25) is 10.0 Å². The Bertz CT molecular complexity index is 2960. The van der Waals surface area contributed by atoms with Gasteiger partial charge in [-0.05, 0) is 119 Å². The monoisotopic (exact) mass is 959 g/mol.